The monoisotopic (exact) mass is 495 g/mol. The van der Waals surface area contributed by atoms with E-state index in [-0.39, 0.29) is 36.3 Å². The third-order valence-electron chi connectivity index (χ3n) is 5.73. The predicted octanol–water partition coefficient (Wildman–Crippen LogP) is 4.83. The summed E-state index contributed by atoms with van der Waals surface area (Å²) < 4.78 is 38.8. The maximum Gasteiger partial charge on any atom is 0.416 e. The van der Waals surface area contributed by atoms with E-state index in [0.29, 0.717) is 29.9 Å². The van der Waals surface area contributed by atoms with Gasteiger partial charge in [0.1, 0.15) is 0 Å². The lowest BCUT2D eigenvalue weighted by atomic mass is 10.1. The van der Waals surface area contributed by atoms with E-state index in [9.17, 15) is 27.6 Å². The van der Waals surface area contributed by atoms with Gasteiger partial charge in [0.15, 0.2) is 0 Å². The summed E-state index contributed by atoms with van der Waals surface area (Å²) in [5, 5.41) is 2.90. The third kappa shape index (κ3) is 5.88. The van der Waals surface area contributed by atoms with Gasteiger partial charge < -0.3 is 15.1 Å². The molecule has 1 N–H and O–H groups in total. The average Bonchev–Trinajstić information content (AvgIpc) is 3.14. The number of rotatable bonds is 7. The Morgan fingerprint density at radius 1 is 1.15 bits per heavy atom. The van der Waals surface area contributed by atoms with Crippen LogP contribution in [-0.2, 0) is 22.3 Å². The van der Waals surface area contributed by atoms with E-state index in [1.165, 1.54) is 23.1 Å². The number of carbonyl (C=O) groups is 3. The van der Waals surface area contributed by atoms with Crippen LogP contribution >= 0.6 is 11.6 Å². The molecule has 10 heteroatoms. The van der Waals surface area contributed by atoms with Gasteiger partial charge in [-0.15, -0.1) is 0 Å². The molecule has 1 saturated heterocycles. The summed E-state index contributed by atoms with van der Waals surface area (Å²) in [6.45, 7) is 4.88. The second kappa shape index (κ2) is 10.5. The number of anilines is 1. The highest BCUT2D eigenvalue weighted by atomic mass is 35.5. The largest absolute Gasteiger partial charge is 0.416 e. The van der Waals surface area contributed by atoms with Crippen molar-refractivity contribution in [1.82, 2.24) is 9.80 Å². The summed E-state index contributed by atoms with van der Waals surface area (Å²) in [6, 6.07) is 9.37. The van der Waals surface area contributed by atoms with Gasteiger partial charge in [-0.25, -0.2) is 0 Å². The van der Waals surface area contributed by atoms with E-state index in [1.807, 2.05) is 13.8 Å². The molecule has 0 aliphatic carbocycles. The maximum absolute atomic E-state index is 12.9. The van der Waals surface area contributed by atoms with Crippen molar-refractivity contribution in [2.75, 3.05) is 25.0 Å². The minimum atomic E-state index is -4.47. The zero-order chi connectivity index (χ0) is 25.0. The van der Waals surface area contributed by atoms with Crippen LogP contribution in [0.3, 0.4) is 0 Å². The van der Waals surface area contributed by atoms with E-state index in [0.717, 1.165) is 12.1 Å². The Labute approximate surface area is 200 Å². The molecule has 3 amide bonds. The van der Waals surface area contributed by atoms with Gasteiger partial charge in [-0.3, -0.25) is 14.4 Å². The number of nitrogens with one attached hydrogen (secondary N) is 1. The molecule has 0 spiro atoms. The fourth-order valence-electron chi connectivity index (χ4n) is 3.86. The highest BCUT2D eigenvalue weighted by Gasteiger charge is 2.35. The van der Waals surface area contributed by atoms with Crippen molar-refractivity contribution in [2.45, 2.75) is 33.0 Å². The van der Waals surface area contributed by atoms with Gasteiger partial charge in [0, 0.05) is 38.3 Å². The van der Waals surface area contributed by atoms with Gasteiger partial charge in [0.25, 0.3) is 5.91 Å². The van der Waals surface area contributed by atoms with Gasteiger partial charge in [-0.1, -0.05) is 23.7 Å². The summed E-state index contributed by atoms with van der Waals surface area (Å²) in [5.74, 6) is -1.58. The van der Waals surface area contributed by atoms with Crippen molar-refractivity contribution in [2.24, 2.45) is 5.92 Å². The van der Waals surface area contributed by atoms with Crippen LogP contribution in [0, 0.1) is 5.92 Å². The molecule has 1 fully saturated rings. The summed E-state index contributed by atoms with van der Waals surface area (Å²) in [5.41, 5.74) is 0.261. The molecule has 6 nitrogen and oxygen atoms in total. The third-order valence-corrected chi connectivity index (χ3v) is 6.04. The molecule has 0 saturated carbocycles. The van der Waals surface area contributed by atoms with E-state index in [4.69, 9.17) is 11.6 Å². The van der Waals surface area contributed by atoms with Gasteiger partial charge in [-0.2, -0.15) is 13.2 Å². The SMILES string of the molecule is CCN(CC)C(=O)c1ccc(NC(=O)C2CC(=O)N(Cc3cccc(C(F)(F)F)c3)C2)cc1Cl. The Hall–Kier alpha value is -3.07. The van der Waals surface area contributed by atoms with Crippen LogP contribution in [0.2, 0.25) is 5.02 Å². The molecule has 3 rings (SSSR count). The summed E-state index contributed by atoms with van der Waals surface area (Å²) in [7, 11) is 0. The number of hydrogen-bond donors (Lipinski definition) is 1. The van der Waals surface area contributed by atoms with Crippen LogP contribution in [0.25, 0.3) is 0 Å². The number of benzene rings is 2. The fraction of sp³-hybridized carbons (Fsp3) is 0.375. The summed E-state index contributed by atoms with van der Waals surface area (Å²) >= 11 is 6.27. The van der Waals surface area contributed by atoms with E-state index in [1.54, 1.807) is 17.0 Å². The maximum atomic E-state index is 12.9. The zero-order valence-corrected chi connectivity index (χ0v) is 19.5. The highest BCUT2D eigenvalue weighted by molar-refractivity contribution is 6.34. The van der Waals surface area contributed by atoms with E-state index < -0.39 is 23.6 Å². The first-order valence-corrected chi connectivity index (χ1v) is 11.2. The van der Waals surface area contributed by atoms with Crippen LogP contribution in [0.4, 0.5) is 18.9 Å². The topological polar surface area (TPSA) is 69.7 Å². The lowest BCUT2D eigenvalue weighted by molar-refractivity contribution is -0.137. The van der Waals surface area contributed by atoms with Gasteiger partial charge in [0.2, 0.25) is 11.8 Å². The number of amides is 3. The molecule has 0 aromatic heterocycles. The van der Waals surface area contributed by atoms with E-state index >= 15 is 0 Å². The Morgan fingerprint density at radius 3 is 2.47 bits per heavy atom. The Morgan fingerprint density at radius 2 is 1.85 bits per heavy atom. The van der Waals surface area contributed by atoms with Gasteiger partial charge in [0.05, 0.1) is 22.1 Å². The Balaban J connectivity index is 1.64. The number of likely N-dealkylation sites (tertiary alicyclic amines) is 1. The first-order chi connectivity index (χ1) is 16.0. The molecular weight excluding hydrogens is 471 g/mol. The summed E-state index contributed by atoms with van der Waals surface area (Å²) in [4.78, 5) is 40.6. The fourth-order valence-corrected chi connectivity index (χ4v) is 4.12. The van der Waals surface area contributed by atoms with Gasteiger partial charge in [-0.05, 0) is 49.7 Å². The molecule has 182 valence electrons. The van der Waals surface area contributed by atoms with Crippen molar-refractivity contribution in [3.8, 4) is 0 Å². The van der Waals surface area contributed by atoms with Gasteiger partial charge >= 0.3 is 6.18 Å². The van der Waals surface area contributed by atoms with Crippen LogP contribution in [-0.4, -0.2) is 47.2 Å². The molecule has 1 unspecified atom stereocenters. The molecule has 1 heterocycles. The van der Waals surface area contributed by atoms with Crippen molar-refractivity contribution in [3.05, 3.63) is 64.2 Å². The highest BCUT2D eigenvalue weighted by Crippen LogP contribution is 2.30. The quantitative estimate of drug-likeness (QED) is 0.598. The van der Waals surface area contributed by atoms with Crippen molar-refractivity contribution in [3.63, 3.8) is 0 Å². The predicted molar refractivity (Wildman–Crippen MR) is 122 cm³/mol. The lowest BCUT2D eigenvalue weighted by Gasteiger charge is -2.20. The first-order valence-electron chi connectivity index (χ1n) is 10.9. The van der Waals surface area contributed by atoms with Crippen molar-refractivity contribution >= 4 is 35.0 Å². The van der Waals surface area contributed by atoms with Crippen LogP contribution in [0.15, 0.2) is 42.5 Å². The van der Waals surface area contributed by atoms with Crippen LogP contribution < -0.4 is 5.32 Å². The van der Waals surface area contributed by atoms with Crippen molar-refractivity contribution in [1.29, 1.82) is 0 Å². The second-order valence-electron chi connectivity index (χ2n) is 8.03. The molecule has 2 aromatic rings. The smallest absolute Gasteiger partial charge is 0.339 e. The zero-order valence-electron chi connectivity index (χ0n) is 18.8. The molecule has 2 aromatic carbocycles. The molecule has 1 atom stereocenters. The number of carbonyl (C=O) groups excluding carboxylic acids is 3. The normalized spacial score (nSPS) is 16.0. The van der Waals surface area contributed by atoms with Crippen LogP contribution in [0.5, 0.6) is 0 Å². The number of hydrogen-bond acceptors (Lipinski definition) is 3. The van der Waals surface area contributed by atoms with Crippen LogP contribution in [0.1, 0.15) is 41.8 Å². The average molecular weight is 496 g/mol. The van der Waals surface area contributed by atoms with Crippen molar-refractivity contribution < 1.29 is 27.6 Å². The second-order valence-corrected chi connectivity index (χ2v) is 8.44. The first kappa shape index (κ1) is 25.6. The van der Waals surface area contributed by atoms with E-state index in [2.05, 4.69) is 5.32 Å². The molecule has 1 aliphatic rings. The molecule has 34 heavy (non-hydrogen) atoms. The molecule has 0 radical (unpaired) electrons. The number of alkyl halides is 3. The molecule has 1 aliphatic heterocycles. The Bertz CT molecular complexity index is 1090. The standard InChI is InChI=1S/C24H25ClF3N3O3/c1-3-30(4-2)23(34)19-9-8-18(12-20(19)25)29-22(33)16-11-21(32)31(14-16)13-15-6-5-7-17(10-15)24(26,27)28/h5-10,12,16H,3-4,11,13-14H2,1-2H3,(H,29,33). The number of nitrogens with zero attached hydrogens (tertiary/aromatic N) is 2. The Kier molecular flexibility index (Phi) is 7.86. The number of halogens is 4. The molecular formula is C24H25ClF3N3O3. The minimum absolute atomic E-state index is 0.0134. The molecule has 0 bridgehead atoms. The summed E-state index contributed by atoms with van der Waals surface area (Å²) in [6.07, 6.45) is -4.52. The lowest BCUT2D eigenvalue weighted by Crippen LogP contribution is -2.30. The minimum Gasteiger partial charge on any atom is -0.339 e.